The van der Waals surface area contributed by atoms with Crippen molar-refractivity contribution in [3.8, 4) is 0 Å². The van der Waals surface area contributed by atoms with E-state index in [1.807, 2.05) is 43.3 Å². The average Bonchev–Trinajstić information content (AvgIpc) is 2.88. The number of imidazole rings is 1. The molecule has 1 atom stereocenters. The highest BCUT2D eigenvalue weighted by Crippen LogP contribution is 2.22. The number of hydrogen-bond donors (Lipinski definition) is 1. The van der Waals surface area contributed by atoms with Crippen molar-refractivity contribution in [1.82, 2.24) is 14.9 Å². The average molecular weight is 279 g/mol. The first kappa shape index (κ1) is 13.4. The standard InChI is InChI=1S/C17H17N3O/c1-13(18-12-21)17-19-15-9-5-6-10-16(15)20(17)11-14-7-3-2-4-8-14/h2-10,12-13H,11H2,1H3,(H,18,21). The van der Waals surface area contributed by atoms with Crippen molar-refractivity contribution >= 4 is 17.4 Å². The number of para-hydroxylation sites is 2. The van der Waals surface area contributed by atoms with Crippen molar-refractivity contribution in [3.63, 3.8) is 0 Å². The number of rotatable bonds is 5. The summed E-state index contributed by atoms with van der Waals surface area (Å²) < 4.78 is 2.16. The Morgan fingerprint density at radius 3 is 2.62 bits per heavy atom. The molecule has 106 valence electrons. The molecule has 2 aromatic carbocycles. The van der Waals surface area contributed by atoms with Gasteiger partial charge in [-0.25, -0.2) is 4.98 Å². The SMILES string of the molecule is CC(NC=O)c1nc2ccccc2n1Cc1ccccc1. The highest BCUT2D eigenvalue weighted by atomic mass is 16.1. The predicted octanol–water partition coefficient (Wildman–Crippen LogP) is 2.89. The molecule has 1 aromatic heterocycles. The van der Waals surface area contributed by atoms with E-state index in [4.69, 9.17) is 0 Å². The van der Waals surface area contributed by atoms with Crippen molar-refractivity contribution in [2.75, 3.05) is 0 Å². The Morgan fingerprint density at radius 1 is 1.14 bits per heavy atom. The molecule has 1 unspecified atom stereocenters. The number of aromatic nitrogens is 2. The quantitative estimate of drug-likeness (QED) is 0.730. The summed E-state index contributed by atoms with van der Waals surface area (Å²) in [6.07, 6.45) is 0.719. The number of nitrogens with one attached hydrogen (secondary N) is 1. The Kier molecular flexibility index (Phi) is 3.69. The van der Waals surface area contributed by atoms with E-state index in [2.05, 4.69) is 33.1 Å². The summed E-state index contributed by atoms with van der Waals surface area (Å²) in [7, 11) is 0. The van der Waals surface area contributed by atoms with E-state index in [0.29, 0.717) is 0 Å². The molecule has 0 saturated heterocycles. The van der Waals surface area contributed by atoms with Crippen LogP contribution in [0.3, 0.4) is 0 Å². The number of nitrogens with zero attached hydrogens (tertiary/aromatic N) is 2. The molecular weight excluding hydrogens is 262 g/mol. The normalized spacial score (nSPS) is 12.2. The van der Waals surface area contributed by atoms with Crippen LogP contribution in [0.25, 0.3) is 11.0 Å². The van der Waals surface area contributed by atoms with Gasteiger partial charge in [0.05, 0.1) is 17.1 Å². The molecule has 0 aliphatic heterocycles. The van der Waals surface area contributed by atoms with Gasteiger partial charge in [-0.05, 0) is 24.6 Å². The number of carbonyl (C=O) groups excluding carboxylic acids is 1. The minimum absolute atomic E-state index is 0.126. The summed E-state index contributed by atoms with van der Waals surface area (Å²) in [6.45, 7) is 2.68. The van der Waals surface area contributed by atoms with E-state index in [1.165, 1.54) is 5.56 Å². The van der Waals surface area contributed by atoms with Crippen LogP contribution in [0.2, 0.25) is 0 Å². The molecule has 4 nitrogen and oxygen atoms in total. The Bertz CT molecular complexity index is 749. The van der Waals surface area contributed by atoms with Crippen LogP contribution in [-0.2, 0) is 11.3 Å². The molecule has 3 rings (SSSR count). The highest BCUT2D eigenvalue weighted by molar-refractivity contribution is 5.76. The van der Waals surface area contributed by atoms with Gasteiger partial charge in [0.15, 0.2) is 0 Å². The molecule has 0 bridgehead atoms. The topological polar surface area (TPSA) is 46.9 Å². The Balaban J connectivity index is 2.09. The summed E-state index contributed by atoms with van der Waals surface area (Å²) in [5.41, 5.74) is 3.24. The molecular formula is C17H17N3O. The van der Waals surface area contributed by atoms with Gasteiger partial charge in [0.25, 0.3) is 0 Å². The Labute approximate surface area is 123 Å². The van der Waals surface area contributed by atoms with E-state index >= 15 is 0 Å². The fourth-order valence-electron chi connectivity index (χ4n) is 2.53. The van der Waals surface area contributed by atoms with Gasteiger partial charge in [0, 0.05) is 6.54 Å². The molecule has 1 heterocycles. The highest BCUT2D eigenvalue weighted by Gasteiger charge is 2.15. The van der Waals surface area contributed by atoms with Gasteiger partial charge in [0.2, 0.25) is 6.41 Å². The summed E-state index contributed by atoms with van der Waals surface area (Å²) in [5.74, 6) is 0.868. The van der Waals surface area contributed by atoms with Gasteiger partial charge in [-0.2, -0.15) is 0 Å². The molecule has 0 aliphatic rings. The Morgan fingerprint density at radius 2 is 1.86 bits per heavy atom. The molecule has 1 amide bonds. The van der Waals surface area contributed by atoms with Crippen LogP contribution in [0.15, 0.2) is 54.6 Å². The maximum absolute atomic E-state index is 10.7. The van der Waals surface area contributed by atoms with Crippen molar-refractivity contribution in [1.29, 1.82) is 0 Å². The molecule has 1 N–H and O–H groups in total. The van der Waals surface area contributed by atoms with Crippen molar-refractivity contribution in [2.45, 2.75) is 19.5 Å². The number of fused-ring (bicyclic) bond motifs is 1. The van der Waals surface area contributed by atoms with Crippen LogP contribution < -0.4 is 5.32 Å². The van der Waals surface area contributed by atoms with Gasteiger partial charge in [-0.3, -0.25) is 4.79 Å². The van der Waals surface area contributed by atoms with Crippen LogP contribution in [0.4, 0.5) is 0 Å². The van der Waals surface area contributed by atoms with Crippen molar-refractivity contribution in [2.24, 2.45) is 0 Å². The number of amides is 1. The predicted molar refractivity (Wildman–Crippen MR) is 82.9 cm³/mol. The lowest BCUT2D eigenvalue weighted by molar-refractivity contribution is -0.110. The third kappa shape index (κ3) is 2.65. The van der Waals surface area contributed by atoms with Crippen molar-refractivity contribution in [3.05, 3.63) is 66.0 Å². The van der Waals surface area contributed by atoms with E-state index < -0.39 is 0 Å². The van der Waals surface area contributed by atoms with Crippen LogP contribution in [0.5, 0.6) is 0 Å². The number of benzene rings is 2. The lowest BCUT2D eigenvalue weighted by Gasteiger charge is -2.14. The minimum atomic E-state index is -0.126. The van der Waals surface area contributed by atoms with Gasteiger partial charge >= 0.3 is 0 Å². The second-order valence-electron chi connectivity index (χ2n) is 5.04. The van der Waals surface area contributed by atoms with E-state index in [9.17, 15) is 4.79 Å². The van der Waals surface area contributed by atoms with Crippen LogP contribution in [0.1, 0.15) is 24.4 Å². The zero-order chi connectivity index (χ0) is 14.7. The van der Waals surface area contributed by atoms with E-state index in [0.717, 1.165) is 29.8 Å². The second-order valence-corrected chi connectivity index (χ2v) is 5.04. The molecule has 21 heavy (non-hydrogen) atoms. The van der Waals surface area contributed by atoms with Crippen LogP contribution in [-0.4, -0.2) is 16.0 Å². The molecule has 0 fully saturated rings. The smallest absolute Gasteiger partial charge is 0.207 e. The number of hydrogen-bond acceptors (Lipinski definition) is 2. The zero-order valence-electron chi connectivity index (χ0n) is 11.9. The summed E-state index contributed by atoms with van der Waals surface area (Å²) in [5, 5.41) is 2.79. The summed E-state index contributed by atoms with van der Waals surface area (Å²) in [6, 6.07) is 18.2. The second kappa shape index (κ2) is 5.79. The van der Waals surface area contributed by atoms with E-state index in [-0.39, 0.29) is 6.04 Å². The maximum atomic E-state index is 10.7. The van der Waals surface area contributed by atoms with E-state index in [1.54, 1.807) is 0 Å². The van der Waals surface area contributed by atoms with Gasteiger partial charge in [-0.15, -0.1) is 0 Å². The summed E-state index contributed by atoms with van der Waals surface area (Å²) >= 11 is 0. The van der Waals surface area contributed by atoms with Gasteiger partial charge < -0.3 is 9.88 Å². The summed E-state index contributed by atoms with van der Waals surface area (Å²) in [4.78, 5) is 15.4. The fourth-order valence-corrected chi connectivity index (χ4v) is 2.53. The Hall–Kier alpha value is -2.62. The molecule has 0 spiro atoms. The fraction of sp³-hybridized carbons (Fsp3) is 0.176. The first-order valence-electron chi connectivity index (χ1n) is 6.98. The molecule has 3 aromatic rings. The lowest BCUT2D eigenvalue weighted by atomic mass is 10.2. The minimum Gasteiger partial charge on any atom is -0.349 e. The third-order valence-corrected chi connectivity index (χ3v) is 3.57. The largest absolute Gasteiger partial charge is 0.349 e. The number of carbonyl (C=O) groups is 1. The molecule has 0 radical (unpaired) electrons. The first-order valence-corrected chi connectivity index (χ1v) is 6.98. The molecule has 0 saturated carbocycles. The maximum Gasteiger partial charge on any atom is 0.207 e. The van der Waals surface area contributed by atoms with Gasteiger partial charge in [-0.1, -0.05) is 42.5 Å². The van der Waals surface area contributed by atoms with Crippen LogP contribution >= 0.6 is 0 Å². The van der Waals surface area contributed by atoms with Crippen molar-refractivity contribution < 1.29 is 4.79 Å². The lowest BCUT2D eigenvalue weighted by Crippen LogP contribution is -2.20. The monoisotopic (exact) mass is 279 g/mol. The first-order chi connectivity index (χ1) is 10.3. The van der Waals surface area contributed by atoms with Gasteiger partial charge in [0.1, 0.15) is 5.82 Å². The third-order valence-electron chi connectivity index (χ3n) is 3.57. The zero-order valence-corrected chi connectivity index (χ0v) is 11.9. The molecule has 0 aliphatic carbocycles. The van der Waals surface area contributed by atoms with Crippen LogP contribution in [0, 0.1) is 0 Å². The molecule has 4 heteroatoms.